The first-order valence-electron chi connectivity index (χ1n) is 7.06. The van der Waals surface area contributed by atoms with E-state index in [1.807, 2.05) is 17.6 Å². The third kappa shape index (κ3) is 2.42. The molecule has 0 amide bonds. The van der Waals surface area contributed by atoms with Gasteiger partial charge >= 0.3 is 0 Å². The van der Waals surface area contributed by atoms with Crippen molar-refractivity contribution in [3.8, 4) is 0 Å². The summed E-state index contributed by atoms with van der Waals surface area (Å²) < 4.78 is 0. The lowest BCUT2D eigenvalue weighted by Crippen LogP contribution is -2.18. The summed E-state index contributed by atoms with van der Waals surface area (Å²) >= 11 is 1.62. The molecule has 1 N–H and O–H groups in total. The van der Waals surface area contributed by atoms with Gasteiger partial charge in [-0.3, -0.25) is 0 Å². The van der Waals surface area contributed by atoms with Gasteiger partial charge in [-0.25, -0.2) is 15.0 Å². The third-order valence-corrected chi connectivity index (χ3v) is 4.52. The highest BCUT2D eigenvalue weighted by molar-refractivity contribution is 7.16. The first-order chi connectivity index (χ1) is 10.4. The van der Waals surface area contributed by atoms with Crippen molar-refractivity contribution in [2.45, 2.75) is 12.8 Å². The second-order valence-electron chi connectivity index (χ2n) is 5.09. The lowest BCUT2D eigenvalue weighted by atomic mass is 10.3. The molecule has 4 heterocycles. The van der Waals surface area contributed by atoms with Crippen molar-refractivity contribution in [3.63, 3.8) is 0 Å². The molecule has 5 nitrogen and oxygen atoms in total. The molecule has 0 aromatic carbocycles. The molecular weight excluding hydrogens is 282 g/mol. The zero-order chi connectivity index (χ0) is 14.1. The molecule has 0 saturated carbocycles. The van der Waals surface area contributed by atoms with Gasteiger partial charge in [-0.2, -0.15) is 0 Å². The smallest absolute Gasteiger partial charge is 0.142 e. The van der Waals surface area contributed by atoms with Gasteiger partial charge in [0, 0.05) is 13.1 Å². The van der Waals surface area contributed by atoms with Crippen molar-refractivity contribution < 1.29 is 0 Å². The topological polar surface area (TPSA) is 53.9 Å². The molecule has 1 saturated heterocycles. The molecule has 0 spiro atoms. The molecule has 0 aliphatic carbocycles. The second-order valence-corrected chi connectivity index (χ2v) is 5.98. The summed E-state index contributed by atoms with van der Waals surface area (Å²) in [6, 6.07) is 6.16. The predicted octanol–water partition coefficient (Wildman–Crippen LogP) is 3.43. The van der Waals surface area contributed by atoms with Gasteiger partial charge in [0.25, 0.3) is 0 Å². The van der Waals surface area contributed by atoms with Crippen LogP contribution in [0, 0.1) is 0 Å². The lowest BCUT2D eigenvalue weighted by Gasteiger charge is -2.16. The van der Waals surface area contributed by atoms with Crippen molar-refractivity contribution in [1.29, 1.82) is 0 Å². The van der Waals surface area contributed by atoms with Gasteiger partial charge in [0.2, 0.25) is 0 Å². The van der Waals surface area contributed by atoms with E-state index in [1.165, 1.54) is 12.8 Å². The van der Waals surface area contributed by atoms with E-state index >= 15 is 0 Å². The van der Waals surface area contributed by atoms with Gasteiger partial charge in [-0.15, -0.1) is 11.3 Å². The molecule has 3 aromatic heterocycles. The SMILES string of the molecule is c1nc(Nc2ccc(N3CCCC3)nc2)c2ccsc2n1. The first-order valence-corrected chi connectivity index (χ1v) is 7.94. The largest absolute Gasteiger partial charge is 0.357 e. The second kappa shape index (κ2) is 5.29. The van der Waals surface area contributed by atoms with Crippen LogP contribution >= 0.6 is 11.3 Å². The van der Waals surface area contributed by atoms with Crippen LogP contribution in [-0.2, 0) is 0 Å². The van der Waals surface area contributed by atoms with Gasteiger partial charge in [-0.05, 0) is 36.4 Å². The number of thiophene rings is 1. The Kier molecular flexibility index (Phi) is 3.16. The molecule has 1 fully saturated rings. The Balaban J connectivity index is 1.58. The summed E-state index contributed by atoms with van der Waals surface area (Å²) in [4.78, 5) is 16.4. The number of hydrogen-bond donors (Lipinski definition) is 1. The van der Waals surface area contributed by atoms with Gasteiger partial charge in [0.15, 0.2) is 0 Å². The number of hydrogen-bond acceptors (Lipinski definition) is 6. The molecule has 0 bridgehead atoms. The van der Waals surface area contributed by atoms with E-state index in [-0.39, 0.29) is 0 Å². The van der Waals surface area contributed by atoms with Crippen LogP contribution in [-0.4, -0.2) is 28.0 Å². The van der Waals surface area contributed by atoms with Crippen molar-refractivity contribution in [2.75, 3.05) is 23.3 Å². The van der Waals surface area contributed by atoms with E-state index in [4.69, 9.17) is 0 Å². The molecule has 0 unspecified atom stereocenters. The van der Waals surface area contributed by atoms with Gasteiger partial charge in [0.05, 0.1) is 17.3 Å². The molecular formula is C15H15N5S. The Hall–Kier alpha value is -2.21. The molecule has 3 aromatic rings. The highest BCUT2D eigenvalue weighted by Gasteiger charge is 2.13. The van der Waals surface area contributed by atoms with E-state index in [0.29, 0.717) is 0 Å². The standard InChI is InChI=1S/C15H15N5S/c1-2-7-20(6-1)13-4-3-11(9-16-13)19-14-12-5-8-21-15(12)18-10-17-14/h3-5,8-10H,1-2,6-7H2,(H,17,18,19). The Morgan fingerprint density at radius 2 is 1.95 bits per heavy atom. The Labute approximate surface area is 126 Å². The maximum absolute atomic E-state index is 4.55. The van der Waals surface area contributed by atoms with E-state index in [1.54, 1.807) is 17.7 Å². The monoisotopic (exact) mass is 297 g/mol. The maximum atomic E-state index is 4.55. The number of pyridine rings is 1. The minimum Gasteiger partial charge on any atom is -0.357 e. The molecule has 6 heteroatoms. The number of nitrogens with one attached hydrogen (secondary N) is 1. The van der Waals surface area contributed by atoms with Crippen LogP contribution in [0.4, 0.5) is 17.3 Å². The molecule has 21 heavy (non-hydrogen) atoms. The predicted molar refractivity (Wildman–Crippen MR) is 86.4 cm³/mol. The molecule has 4 rings (SSSR count). The van der Waals surface area contributed by atoms with Crippen molar-refractivity contribution in [1.82, 2.24) is 15.0 Å². The van der Waals surface area contributed by atoms with Crippen molar-refractivity contribution >= 4 is 38.9 Å². The summed E-state index contributed by atoms with van der Waals surface area (Å²) in [6.07, 6.45) is 5.98. The summed E-state index contributed by atoms with van der Waals surface area (Å²) in [5, 5.41) is 6.40. The molecule has 0 atom stereocenters. The first kappa shape index (κ1) is 12.5. The Morgan fingerprint density at radius 1 is 1.05 bits per heavy atom. The number of fused-ring (bicyclic) bond motifs is 1. The fraction of sp³-hybridized carbons (Fsp3) is 0.267. The number of aromatic nitrogens is 3. The van der Waals surface area contributed by atoms with Gasteiger partial charge < -0.3 is 10.2 Å². The van der Waals surface area contributed by atoms with Crippen LogP contribution < -0.4 is 10.2 Å². The van der Waals surface area contributed by atoms with Crippen LogP contribution in [0.25, 0.3) is 10.2 Å². The summed E-state index contributed by atoms with van der Waals surface area (Å²) in [5.41, 5.74) is 0.948. The number of anilines is 3. The highest BCUT2D eigenvalue weighted by atomic mass is 32.1. The van der Waals surface area contributed by atoms with Crippen molar-refractivity contribution in [2.24, 2.45) is 0 Å². The van der Waals surface area contributed by atoms with Crippen LogP contribution in [0.2, 0.25) is 0 Å². The van der Waals surface area contributed by atoms with Crippen LogP contribution in [0.5, 0.6) is 0 Å². The van der Waals surface area contributed by atoms with Gasteiger partial charge in [-0.1, -0.05) is 0 Å². The van der Waals surface area contributed by atoms with E-state index < -0.39 is 0 Å². The quantitative estimate of drug-likeness (QED) is 0.802. The fourth-order valence-corrected chi connectivity index (χ4v) is 3.35. The zero-order valence-electron chi connectivity index (χ0n) is 11.5. The Bertz CT molecular complexity index is 746. The van der Waals surface area contributed by atoms with Crippen LogP contribution in [0.1, 0.15) is 12.8 Å². The minimum absolute atomic E-state index is 0.831. The van der Waals surface area contributed by atoms with Crippen LogP contribution in [0.3, 0.4) is 0 Å². The third-order valence-electron chi connectivity index (χ3n) is 3.70. The average Bonchev–Trinajstić information content (AvgIpc) is 3.20. The highest BCUT2D eigenvalue weighted by Crippen LogP contribution is 2.27. The average molecular weight is 297 g/mol. The number of rotatable bonds is 3. The van der Waals surface area contributed by atoms with E-state index in [9.17, 15) is 0 Å². The van der Waals surface area contributed by atoms with Gasteiger partial charge in [0.1, 0.15) is 22.8 Å². The minimum atomic E-state index is 0.831. The summed E-state index contributed by atoms with van der Waals surface area (Å²) in [7, 11) is 0. The normalized spacial score (nSPS) is 14.8. The lowest BCUT2D eigenvalue weighted by molar-refractivity contribution is 0.938. The van der Waals surface area contributed by atoms with E-state index in [2.05, 4.69) is 37.3 Å². The number of nitrogens with zero attached hydrogens (tertiary/aromatic N) is 4. The maximum Gasteiger partial charge on any atom is 0.142 e. The summed E-state index contributed by atoms with van der Waals surface area (Å²) in [5.74, 6) is 1.89. The fourth-order valence-electron chi connectivity index (χ4n) is 2.62. The summed E-state index contributed by atoms with van der Waals surface area (Å²) in [6.45, 7) is 2.22. The molecule has 1 aliphatic heterocycles. The van der Waals surface area contributed by atoms with Crippen molar-refractivity contribution in [3.05, 3.63) is 36.1 Å². The Morgan fingerprint density at radius 3 is 2.76 bits per heavy atom. The molecule has 1 aliphatic rings. The van der Waals surface area contributed by atoms with E-state index in [0.717, 1.165) is 40.6 Å². The molecule has 0 radical (unpaired) electrons. The van der Waals surface area contributed by atoms with Crippen LogP contribution in [0.15, 0.2) is 36.1 Å². The molecule has 106 valence electrons. The zero-order valence-corrected chi connectivity index (χ0v) is 12.3.